The van der Waals surface area contributed by atoms with Gasteiger partial charge in [-0.2, -0.15) is 0 Å². The molecule has 2 nitrogen and oxygen atoms in total. The molecule has 0 aromatic heterocycles. The fourth-order valence-corrected chi connectivity index (χ4v) is 3.21. The second-order valence-electron chi connectivity index (χ2n) is 5.65. The molecule has 1 aliphatic carbocycles. The molecule has 2 fully saturated rings. The van der Waals surface area contributed by atoms with Gasteiger partial charge in [0.1, 0.15) is 0 Å². The van der Waals surface area contributed by atoms with Crippen LogP contribution >= 0.6 is 0 Å². The van der Waals surface area contributed by atoms with Crippen molar-refractivity contribution in [3.8, 4) is 12.3 Å². The van der Waals surface area contributed by atoms with Gasteiger partial charge < -0.3 is 5.32 Å². The molecule has 0 amide bonds. The van der Waals surface area contributed by atoms with Gasteiger partial charge >= 0.3 is 0 Å². The fourth-order valence-electron chi connectivity index (χ4n) is 3.21. The maximum Gasteiger partial charge on any atom is 0.0598 e. The lowest BCUT2D eigenvalue weighted by Crippen LogP contribution is -2.43. The second-order valence-corrected chi connectivity index (χ2v) is 5.65. The van der Waals surface area contributed by atoms with Gasteiger partial charge in [0.25, 0.3) is 0 Å². The third-order valence-corrected chi connectivity index (χ3v) is 4.36. The zero-order valence-electron chi connectivity index (χ0n) is 11.0. The molecule has 2 rings (SSSR count). The normalized spacial score (nSPS) is 23.9. The standard InChI is InChI=1S/C15H26N2/c1-2-11-17-12-8-15(9-13-17)16-10-7-14-5-3-4-6-14/h1,14-16H,3-13H2. The molecule has 1 saturated carbocycles. The molecule has 2 heteroatoms. The Morgan fingerprint density at radius 1 is 1.12 bits per heavy atom. The van der Waals surface area contributed by atoms with Gasteiger partial charge in [0.2, 0.25) is 0 Å². The number of piperidine rings is 1. The Morgan fingerprint density at radius 2 is 1.82 bits per heavy atom. The zero-order chi connectivity index (χ0) is 11.9. The van der Waals surface area contributed by atoms with Crippen LogP contribution in [0.2, 0.25) is 0 Å². The summed E-state index contributed by atoms with van der Waals surface area (Å²) in [7, 11) is 0. The molecule has 2 aliphatic rings. The molecule has 0 aromatic rings. The third-order valence-electron chi connectivity index (χ3n) is 4.36. The molecular weight excluding hydrogens is 208 g/mol. The van der Waals surface area contributed by atoms with Gasteiger partial charge in [-0.3, -0.25) is 4.90 Å². The van der Waals surface area contributed by atoms with Crippen LogP contribution in [-0.4, -0.2) is 37.1 Å². The zero-order valence-corrected chi connectivity index (χ0v) is 11.0. The average molecular weight is 234 g/mol. The predicted molar refractivity (Wildman–Crippen MR) is 72.9 cm³/mol. The van der Waals surface area contributed by atoms with Gasteiger partial charge in [-0.05, 0) is 31.7 Å². The first-order valence-corrected chi connectivity index (χ1v) is 7.27. The first kappa shape index (κ1) is 12.9. The van der Waals surface area contributed by atoms with Gasteiger partial charge in [0, 0.05) is 19.1 Å². The molecule has 1 N–H and O–H groups in total. The van der Waals surface area contributed by atoms with Gasteiger partial charge in [-0.25, -0.2) is 0 Å². The second kappa shape index (κ2) is 7.03. The van der Waals surface area contributed by atoms with E-state index in [4.69, 9.17) is 6.42 Å². The monoisotopic (exact) mass is 234 g/mol. The van der Waals surface area contributed by atoms with Crippen LogP contribution in [0.1, 0.15) is 44.9 Å². The van der Waals surface area contributed by atoms with E-state index in [2.05, 4.69) is 16.1 Å². The van der Waals surface area contributed by atoms with Crippen molar-refractivity contribution >= 4 is 0 Å². The first-order chi connectivity index (χ1) is 8.38. The van der Waals surface area contributed by atoms with Crippen molar-refractivity contribution in [3.63, 3.8) is 0 Å². The molecule has 0 aromatic carbocycles. The maximum atomic E-state index is 5.34. The van der Waals surface area contributed by atoms with Crippen LogP contribution in [-0.2, 0) is 0 Å². The Morgan fingerprint density at radius 3 is 2.47 bits per heavy atom. The fraction of sp³-hybridized carbons (Fsp3) is 0.867. The van der Waals surface area contributed by atoms with Crippen LogP contribution in [0.15, 0.2) is 0 Å². The number of hydrogen-bond donors (Lipinski definition) is 1. The Kier molecular flexibility index (Phi) is 5.35. The van der Waals surface area contributed by atoms with Crippen LogP contribution in [0.4, 0.5) is 0 Å². The summed E-state index contributed by atoms with van der Waals surface area (Å²) >= 11 is 0. The minimum absolute atomic E-state index is 0.741. The highest BCUT2D eigenvalue weighted by atomic mass is 15.1. The molecule has 17 heavy (non-hydrogen) atoms. The number of nitrogens with one attached hydrogen (secondary N) is 1. The van der Waals surface area contributed by atoms with E-state index in [0.717, 1.165) is 18.5 Å². The average Bonchev–Trinajstić information content (AvgIpc) is 2.85. The number of hydrogen-bond acceptors (Lipinski definition) is 2. The summed E-state index contributed by atoms with van der Waals surface area (Å²) in [5.41, 5.74) is 0. The summed E-state index contributed by atoms with van der Waals surface area (Å²) in [6, 6.07) is 0.741. The quantitative estimate of drug-likeness (QED) is 0.734. The predicted octanol–water partition coefficient (Wildman–Crippen LogP) is 2.25. The summed E-state index contributed by atoms with van der Waals surface area (Å²) in [5, 5.41) is 3.73. The van der Waals surface area contributed by atoms with E-state index in [1.165, 1.54) is 64.6 Å². The number of terminal acetylenes is 1. The Hall–Kier alpha value is -0.520. The molecule has 0 atom stereocenters. The number of nitrogens with zero attached hydrogens (tertiary/aromatic N) is 1. The minimum Gasteiger partial charge on any atom is -0.314 e. The van der Waals surface area contributed by atoms with Gasteiger partial charge in [0.05, 0.1) is 6.54 Å². The maximum absolute atomic E-state index is 5.34. The molecule has 0 radical (unpaired) electrons. The summed E-state index contributed by atoms with van der Waals surface area (Å²) < 4.78 is 0. The third kappa shape index (κ3) is 4.33. The summed E-state index contributed by atoms with van der Waals surface area (Å²) in [5.74, 6) is 3.76. The lowest BCUT2D eigenvalue weighted by molar-refractivity contribution is 0.216. The van der Waals surface area contributed by atoms with Gasteiger partial charge in [-0.15, -0.1) is 6.42 Å². The highest BCUT2D eigenvalue weighted by Crippen LogP contribution is 2.27. The van der Waals surface area contributed by atoms with Crippen LogP contribution in [0.5, 0.6) is 0 Å². The van der Waals surface area contributed by atoms with Crippen molar-refractivity contribution < 1.29 is 0 Å². The molecule has 96 valence electrons. The Labute approximate surface area is 106 Å². The van der Waals surface area contributed by atoms with E-state index < -0.39 is 0 Å². The van der Waals surface area contributed by atoms with Crippen molar-refractivity contribution in [2.24, 2.45) is 5.92 Å². The Balaban J connectivity index is 1.54. The summed E-state index contributed by atoms with van der Waals surface area (Å²) in [6.07, 6.45) is 15.2. The van der Waals surface area contributed by atoms with Crippen molar-refractivity contribution in [1.82, 2.24) is 10.2 Å². The minimum atomic E-state index is 0.741. The van der Waals surface area contributed by atoms with E-state index in [-0.39, 0.29) is 0 Å². The van der Waals surface area contributed by atoms with E-state index in [1.54, 1.807) is 0 Å². The van der Waals surface area contributed by atoms with Gasteiger partial charge in [0.15, 0.2) is 0 Å². The Bertz CT molecular complexity index is 242. The van der Waals surface area contributed by atoms with Crippen LogP contribution < -0.4 is 5.32 Å². The van der Waals surface area contributed by atoms with E-state index in [0.29, 0.717) is 0 Å². The molecule has 0 unspecified atom stereocenters. The highest BCUT2D eigenvalue weighted by molar-refractivity contribution is 4.90. The lowest BCUT2D eigenvalue weighted by atomic mass is 10.0. The van der Waals surface area contributed by atoms with Crippen molar-refractivity contribution in [1.29, 1.82) is 0 Å². The van der Waals surface area contributed by atoms with Crippen LogP contribution in [0, 0.1) is 18.3 Å². The number of rotatable bonds is 5. The smallest absolute Gasteiger partial charge is 0.0598 e. The van der Waals surface area contributed by atoms with Crippen LogP contribution in [0.3, 0.4) is 0 Å². The van der Waals surface area contributed by atoms with Crippen molar-refractivity contribution in [2.45, 2.75) is 51.0 Å². The van der Waals surface area contributed by atoms with Gasteiger partial charge in [-0.1, -0.05) is 31.6 Å². The molecule has 0 bridgehead atoms. The largest absolute Gasteiger partial charge is 0.314 e. The SMILES string of the molecule is C#CCN1CCC(NCCC2CCCC2)CC1. The number of likely N-dealkylation sites (tertiary alicyclic amines) is 1. The van der Waals surface area contributed by atoms with Crippen molar-refractivity contribution in [3.05, 3.63) is 0 Å². The topological polar surface area (TPSA) is 15.3 Å². The molecular formula is C15H26N2. The molecule has 1 aliphatic heterocycles. The van der Waals surface area contributed by atoms with E-state index in [9.17, 15) is 0 Å². The molecule has 1 heterocycles. The molecule has 0 spiro atoms. The van der Waals surface area contributed by atoms with Crippen LogP contribution in [0.25, 0.3) is 0 Å². The van der Waals surface area contributed by atoms with E-state index >= 15 is 0 Å². The molecule has 1 saturated heterocycles. The highest BCUT2D eigenvalue weighted by Gasteiger charge is 2.19. The van der Waals surface area contributed by atoms with E-state index in [1.807, 2.05) is 0 Å². The first-order valence-electron chi connectivity index (χ1n) is 7.27. The lowest BCUT2D eigenvalue weighted by Gasteiger charge is -2.31. The summed E-state index contributed by atoms with van der Waals surface area (Å²) in [6.45, 7) is 4.40. The van der Waals surface area contributed by atoms with Crippen molar-refractivity contribution in [2.75, 3.05) is 26.2 Å². The summed E-state index contributed by atoms with van der Waals surface area (Å²) in [4.78, 5) is 2.38.